The molecule has 0 aliphatic carbocycles. The van der Waals surface area contributed by atoms with Crippen LogP contribution in [0.3, 0.4) is 0 Å². The molecule has 2 rings (SSSR count). The summed E-state index contributed by atoms with van der Waals surface area (Å²) in [5.74, 6) is -1.00. The third-order valence-electron chi connectivity index (χ3n) is 3.84. The van der Waals surface area contributed by atoms with Crippen LogP contribution in [0.2, 0.25) is 0 Å². The lowest BCUT2D eigenvalue weighted by molar-refractivity contribution is -0.137. The quantitative estimate of drug-likeness (QED) is 0.908. The van der Waals surface area contributed by atoms with Crippen LogP contribution in [0, 0.1) is 0 Å². The molecule has 1 amide bonds. The number of likely N-dealkylation sites (tertiary alicyclic amines) is 1. The minimum Gasteiger partial charge on any atom is -0.477 e. The highest BCUT2D eigenvalue weighted by Crippen LogP contribution is 2.23. The number of amides is 1. The van der Waals surface area contributed by atoms with Gasteiger partial charge in [-0.3, -0.25) is 4.79 Å². The molecule has 1 saturated heterocycles. The molecule has 1 aliphatic heterocycles. The number of carbonyl (C=O) groups excluding carboxylic acids is 1. The van der Waals surface area contributed by atoms with Gasteiger partial charge >= 0.3 is 5.97 Å². The molecule has 19 heavy (non-hydrogen) atoms. The standard InChI is InChI=1S/C14H20N2O3/c1-10-5-3-6-11(2)16(10)13(17)9-15-8-4-7-12(15)14(18)19/h4,7-8,10-11H,3,5-6,9H2,1-2H3,(H,18,19). The van der Waals surface area contributed by atoms with Crippen molar-refractivity contribution < 1.29 is 14.7 Å². The Morgan fingerprint density at radius 1 is 1.32 bits per heavy atom. The smallest absolute Gasteiger partial charge is 0.352 e. The molecule has 0 spiro atoms. The summed E-state index contributed by atoms with van der Waals surface area (Å²) in [6.45, 7) is 4.21. The first-order valence-electron chi connectivity index (χ1n) is 6.70. The van der Waals surface area contributed by atoms with Crippen molar-refractivity contribution in [3.8, 4) is 0 Å². The predicted octanol–water partition coefficient (Wildman–Crippen LogP) is 1.98. The minimum atomic E-state index is -1.00. The largest absolute Gasteiger partial charge is 0.477 e. The average molecular weight is 264 g/mol. The number of carbonyl (C=O) groups is 2. The Morgan fingerprint density at radius 3 is 2.53 bits per heavy atom. The number of rotatable bonds is 3. The van der Waals surface area contributed by atoms with Gasteiger partial charge in [-0.05, 0) is 45.2 Å². The molecular weight excluding hydrogens is 244 g/mol. The molecule has 2 heterocycles. The molecule has 1 fully saturated rings. The van der Waals surface area contributed by atoms with Crippen molar-refractivity contribution in [3.63, 3.8) is 0 Å². The van der Waals surface area contributed by atoms with E-state index in [2.05, 4.69) is 13.8 Å². The number of nitrogens with zero attached hydrogens (tertiary/aromatic N) is 2. The van der Waals surface area contributed by atoms with Gasteiger partial charge in [0, 0.05) is 18.3 Å². The molecule has 1 aliphatic rings. The zero-order valence-electron chi connectivity index (χ0n) is 11.4. The van der Waals surface area contributed by atoms with Crippen LogP contribution in [0.4, 0.5) is 0 Å². The molecule has 0 saturated carbocycles. The van der Waals surface area contributed by atoms with E-state index >= 15 is 0 Å². The maximum absolute atomic E-state index is 12.4. The van der Waals surface area contributed by atoms with E-state index in [9.17, 15) is 9.59 Å². The summed E-state index contributed by atoms with van der Waals surface area (Å²) in [6.07, 6.45) is 4.83. The molecule has 2 unspecified atom stereocenters. The molecule has 104 valence electrons. The molecule has 0 bridgehead atoms. The molecule has 1 aromatic rings. The molecule has 0 aromatic carbocycles. The summed E-state index contributed by atoms with van der Waals surface area (Å²) >= 11 is 0. The maximum atomic E-state index is 12.4. The SMILES string of the molecule is CC1CCCC(C)N1C(=O)Cn1cccc1C(=O)O. The van der Waals surface area contributed by atoms with E-state index in [-0.39, 0.29) is 30.2 Å². The van der Waals surface area contributed by atoms with Crippen molar-refractivity contribution in [3.05, 3.63) is 24.0 Å². The molecule has 5 nitrogen and oxygen atoms in total. The highest BCUT2D eigenvalue weighted by Gasteiger charge is 2.29. The zero-order chi connectivity index (χ0) is 14.0. The van der Waals surface area contributed by atoms with E-state index in [1.54, 1.807) is 12.3 Å². The highest BCUT2D eigenvalue weighted by molar-refractivity contribution is 5.87. The number of aromatic nitrogens is 1. The van der Waals surface area contributed by atoms with Crippen LogP contribution in [0.5, 0.6) is 0 Å². The first-order chi connectivity index (χ1) is 9.00. The number of aromatic carboxylic acids is 1. The summed E-state index contributed by atoms with van der Waals surface area (Å²) in [7, 11) is 0. The maximum Gasteiger partial charge on any atom is 0.352 e. The van der Waals surface area contributed by atoms with Crippen LogP contribution in [-0.2, 0) is 11.3 Å². The first kappa shape index (κ1) is 13.6. The van der Waals surface area contributed by atoms with E-state index in [1.807, 2.05) is 4.90 Å². The Balaban J connectivity index is 2.12. The second kappa shape index (κ2) is 5.47. The average Bonchev–Trinajstić information content (AvgIpc) is 2.76. The Hall–Kier alpha value is -1.78. The van der Waals surface area contributed by atoms with Crippen molar-refractivity contribution in [2.24, 2.45) is 0 Å². The van der Waals surface area contributed by atoms with E-state index in [1.165, 1.54) is 10.6 Å². The summed E-state index contributed by atoms with van der Waals surface area (Å²) in [6, 6.07) is 3.64. The van der Waals surface area contributed by atoms with Crippen molar-refractivity contribution in [2.75, 3.05) is 0 Å². The second-order valence-electron chi connectivity index (χ2n) is 5.26. The molecule has 5 heteroatoms. The lowest BCUT2D eigenvalue weighted by atomic mass is 9.97. The van der Waals surface area contributed by atoms with Gasteiger partial charge in [0.1, 0.15) is 12.2 Å². The van der Waals surface area contributed by atoms with Crippen LogP contribution in [-0.4, -0.2) is 38.5 Å². The van der Waals surface area contributed by atoms with E-state index in [4.69, 9.17) is 5.11 Å². The highest BCUT2D eigenvalue weighted by atomic mass is 16.4. The van der Waals surface area contributed by atoms with Crippen LogP contribution >= 0.6 is 0 Å². The molecule has 0 radical (unpaired) electrons. The third kappa shape index (κ3) is 2.80. The number of piperidine rings is 1. The van der Waals surface area contributed by atoms with Gasteiger partial charge in [0.15, 0.2) is 0 Å². The lowest BCUT2D eigenvalue weighted by Crippen LogP contribution is -2.48. The predicted molar refractivity (Wildman–Crippen MR) is 71.0 cm³/mol. The van der Waals surface area contributed by atoms with Gasteiger partial charge in [-0.15, -0.1) is 0 Å². The fourth-order valence-corrected chi connectivity index (χ4v) is 2.89. The van der Waals surface area contributed by atoms with Gasteiger partial charge in [-0.2, -0.15) is 0 Å². The van der Waals surface area contributed by atoms with Gasteiger partial charge < -0.3 is 14.6 Å². The number of carboxylic acid groups (broad SMARTS) is 1. The summed E-state index contributed by atoms with van der Waals surface area (Å²) in [5.41, 5.74) is 0.158. The fourth-order valence-electron chi connectivity index (χ4n) is 2.89. The summed E-state index contributed by atoms with van der Waals surface area (Å²) < 4.78 is 1.50. The number of hydrogen-bond acceptors (Lipinski definition) is 2. The topological polar surface area (TPSA) is 62.5 Å². The third-order valence-corrected chi connectivity index (χ3v) is 3.84. The normalized spacial score (nSPS) is 23.4. The van der Waals surface area contributed by atoms with Crippen LogP contribution < -0.4 is 0 Å². The van der Waals surface area contributed by atoms with E-state index < -0.39 is 5.97 Å². The minimum absolute atomic E-state index is 0.00148. The van der Waals surface area contributed by atoms with Gasteiger partial charge in [-0.25, -0.2) is 4.79 Å². The molecule has 1 N–H and O–H groups in total. The molecular formula is C14H20N2O3. The van der Waals surface area contributed by atoms with Crippen molar-refractivity contribution in [1.82, 2.24) is 9.47 Å². The van der Waals surface area contributed by atoms with Crippen LogP contribution in [0.25, 0.3) is 0 Å². The number of carboxylic acids is 1. The zero-order valence-corrected chi connectivity index (χ0v) is 11.4. The second-order valence-corrected chi connectivity index (χ2v) is 5.26. The molecule has 1 aromatic heterocycles. The van der Waals surface area contributed by atoms with Crippen LogP contribution in [0.1, 0.15) is 43.6 Å². The van der Waals surface area contributed by atoms with Crippen molar-refractivity contribution in [2.45, 2.75) is 51.7 Å². The number of hydrogen-bond donors (Lipinski definition) is 1. The Morgan fingerprint density at radius 2 is 1.95 bits per heavy atom. The van der Waals surface area contributed by atoms with Gasteiger partial charge in [0.05, 0.1) is 0 Å². The summed E-state index contributed by atoms with van der Waals surface area (Å²) in [5, 5.41) is 9.04. The van der Waals surface area contributed by atoms with E-state index in [0.717, 1.165) is 19.3 Å². The Kier molecular flexibility index (Phi) is 3.93. The first-order valence-corrected chi connectivity index (χ1v) is 6.70. The Bertz CT molecular complexity index is 471. The van der Waals surface area contributed by atoms with Gasteiger partial charge in [0.2, 0.25) is 5.91 Å². The lowest BCUT2D eigenvalue weighted by Gasteiger charge is -2.39. The van der Waals surface area contributed by atoms with Crippen molar-refractivity contribution >= 4 is 11.9 Å². The fraction of sp³-hybridized carbons (Fsp3) is 0.571. The van der Waals surface area contributed by atoms with Crippen LogP contribution in [0.15, 0.2) is 18.3 Å². The molecule has 2 atom stereocenters. The van der Waals surface area contributed by atoms with Crippen molar-refractivity contribution in [1.29, 1.82) is 0 Å². The Labute approximate surface area is 112 Å². The van der Waals surface area contributed by atoms with Gasteiger partial charge in [-0.1, -0.05) is 0 Å². The van der Waals surface area contributed by atoms with Gasteiger partial charge in [0.25, 0.3) is 0 Å². The summed E-state index contributed by atoms with van der Waals surface area (Å²) in [4.78, 5) is 25.3. The van der Waals surface area contributed by atoms with E-state index in [0.29, 0.717) is 0 Å². The monoisotopic (exact) mass is 264 g/mol.